The van der Waals surface area contributed by atoms with Gasteiger partial charge in [0.15, 0.2) is 0 Å². The van der Waals surface area contributed by atoms with Crippen molar-refractivity contribution >= 4 is 5.97 Å². The second-order valence-corrected chi connectivity index (χ2v) is 5.89. The van der Waals surface area contributed by atoms with Crippen LogP contribution in [0.5, 0.6) is 0 Å². The fraction of sp³-hybridized carbons (Fsp3) is 0.733. The van der Waals surface area contributed by atoms with E-state index in [1.165, 1.54) is 12.8 Å². The molecule has 21 heavy (non-hydrogen) atoms. The zero-order valence-corrected chi connectivity index (χ0v) is 12.9. The van der Waals surface area contributed by atoms with E-state index < -0.39 is 0 Å². The molecule has 2 fully saturated rings. The summed E-state index contributed by atoms with van der Waals surface area (Å²) < 4.78 is 6.90. The molecule has 1 saturated carbocycles. The fourth-order valence-electron chi connectivity index (χ4n) is 2.97. The van der Waals surface area contributed by atoms with Gasteiger partial charge in [-0.3, -0.25) is 14.5 Å². The normalized spacial score (nSPS) is 20.7. The van der Waals surface area contributed by atoms with Crippen molar-refractivity contribution < 1.29 is 9.53 Å². The molecule has 0 unspecified atom stereocenters. The Labute approximate surface area is 125 Å². The van der Waals surface area contributed by atoms with Crippen LogP contribution in [0.4, 0.5) is 0 Å². The third-order valence-electron chi connectivity index (χ3n) is 4.40. The lowest BCUT2D eigenvalue weighted by Crippen LogP contribution is -2.47. The lowest BCUT2D eigenvalue weighted by molar-refractivity contribution is 0.0522. The molecule has 1 aromatic rings. The molecular formula is C15H24N4O2. The first-order valence-electron chi connectivity index (χ1n) is 7.83. The van der Waals surface area contributed by atoms with Gasteiger partial charge in [0.05, 0.1) is 18.5 Å². The summed E-state index contributed by atoms with van der Waals surface area (Å²) in [4.78, 5) is 17.0. The van der Waals surface area contributed by atoms with E-state index in [1.807, 2.05) is 14.0 Å². The van der Waals surface area contributed by atoms with Crippen molar-refractivity contribution in [3.8, 4) is 0 Å². The Morgan fingerprint density at radius 3 is 2.67 bits per heavy atom. The summed E-state index contributed by atoms with van der Waals surface area (Å²) in [6.45, 7) is 7.38. The number of hydrogen-bond donors (Lipinski definition) is 0. The molecule has 0 radical (unpaired) electrons. The van der Waals surface area contributed by atoms with Crippen molar-refractivity contribution in [2.75, 3.05) is 32.8 Å². The summed E-state index contributed by atoms with van der Waals surface area (Å²) in [5, 5.41) is 4.22. The Morgan fingerprint density at radius 2 is 2.05 bits per heavy atom. The van der Waals surface area contributed by atoms with Crippen molar-refractivity contribution in [2.24, 2.45) is 7.05 Å². The zero-order chi connectivity index (χ0) is 14.8. The molecule has 1 aromatic heterocycles. The number of ether oxygens (including phenoxy) is 1. The number of hydrogen-bond acceptors (Lipinski definition) is 5. The van der Waals surface area contributed by atoms with E-state index in [2.05, 4.69) is 14.9 Å². The maximum absolute atomic E-state index is 12.0. The third kappa shape index (κ3) is 3.27. The molecule has 2 heterocycles. The summed E-state index contributed by atoms with van der Waals surface area (Å²) in [5.74, 6) is -0.266. The highest BCUT2D eigenvalue weighted by atomic mass is 16.5. The van der Waals surface area contributed by atoms with Crippen molar-refractivity contribution in [3.05, 3.63) is 17.5 Å². The van der Waals surface area contributed by atoms with E-state index >= 15 is 0 Å². The van der Waals surface area contributed by atoms with Gasteiger partial charge in [0.1, 0.15) is 5.56 Å². The molecule has 1 aliphatic heterocycles. The average Bonchev–Trinajstić information content (AvgIpc) is 3.26. The second kappa shape index (κ2) is 6.15. The van der Waals surface area contributed by atoms with Gasteiger partial charge in [-0.1, -0.05) is 0 Å². The average molecular weight is 292 g/mol. The van der Waals surface area contributed by atoms with Crippen LogP contribution < -0.4 is 0 Å². The van der Waals surface area contributed by atoms with Crippen LogP contribution >= 0.6 is 0 Å². The molecule has 3 rings (SSSR count). The Balaban J connectivity index is 1.62. The van der Waals surface area contributed by atoms with Crippen LogP contribution in [0.15, 0.2) is 6.20 Å². The maximum atomic E-state index is 12.0. The highest BCUT2D eigenvalue weighted by molar-refractivity contribution is 5.90. The SMILES string of the molecule is CCOC(=O)c1cnn(C)c1CN1CCN(C2CC2)CC1. The minimum atomic E-state index is -0.266. The first kappa shape index (κ1) is 14.5. The number of piperazine rings is 1. The second-order valence-electron chi connectivity index (χ2n) is 5.89. The third-order valence-corrected chi connectivity index (χ3v) is 4.40. The maximum Gasteiger partial charge on any atom is 0.341 e. The van der Waals surface area contributed by atoms with Crippen molar-refractivity contribution in [3.63, 3.8) is 0 Å². The summed E-state index contributed by atoms with van der Waals surface area (Å²) in [5.41, 5.74) is 1.55. The Hall–Kier alpha value is -1.40. The van der Waals surface area contributed by atoms with Gasteiger partial charge in [0.25, 0.3) is 0 Å². The molecule has 0 N–H and O–H groups in total. The summed E-state index contributed by atoms with van der Waals surface area (Å²) in [7, 11) is 1.89. The van der Waals surface area contributed by atoms with Gasteiger partial charge < -0.3 is 4.74 Å². The first-order valence-corrected chi connectivity index (χ1v) is 7.83. The predicted octanol–water partition coefficient (Wildman–Crippen LogP) is 0.877. The molecule has 6 nitrogen and oxygen atoms in total. The van der Waals surface area contributed by atoms with E-state index in [9.17, 15) is 4.79 Å². The minimum Gasteiger partial charge on any atom is -0.462 e. The fourth-order valence-corrected chi connectivity index (χ4v) is 2.97. The van der Waals surface area contributed by atoms with Crippen LogP contribution in [0, 0.1) is 0 Å². The Kier molecular flexibility index (Phi) is 4.26. The molecule has 0 spiro atoms. The molecule has 6 heteroatoms. The van der Waals surface area contributed by atoms with Crippen LogP contribution in [0.1, 0.15) is 35.8 Å². The molecule has 1 aliphatic carbocycles. The predicted molar refractivity (Wildman–Crippen MR) is 79.0 cm³/mol. The van der Waals surface area contributed by atoms with Crippen LogP contribution in [0.25, 0.3) is 0 Å². The van der Waals surface area contributed by atoms with Crippen molar-refractivity contribution in [1.82, 2.24) is 19.6 Å². The highest BCUT2D eigenvalue weighted by Gasteiger charge is 2.31. The summed E-state index contributed by atoms with van der Waals surface area (Å²) in [6, 6.07) is 0.846. The number of carbonyl (C=O) groups is 1. The number of aryl methyl sites for hydroxylation is 1. The summed E-state index contributed by atoms with van der Waals surface area (Å²) in [6.07, 6.45) is 4.36. The van der Waals surface area contributed by atoms with Gasteiger partial charge in [-0.05, 0) is 19.8 Å². The number of nitrogens with zero attached hydrogens (tertiary/aromatic N) is 4. The van der Waals surface area contributed by atoms with Gasteiger partial charge in [0.2, 0.25) is 0 Å². The monoisotopic (exact) mass is 292 g/mol. The number of esters is 1. The van der Waals surface area contributed by atoms with Crippen molar-refractivity contribution in [2.45, 2.75) is 32.4 Å². The zero-order valence-electron chi connectivity index (χ0n) is 12.9. The van der Waals surface area contributed by atoms with Crippen LogP contribution in [0.2, 0.25) is 0 Å². The minimum absolute atomic E-state index is 0.266. The van der Waals surface area contributed by atoms with E-state index in [0.29, 0.717) is 12.2 Å². The number of aromatic nitrogens is 2. The summed E-state index contributed by atoms with van der Waals surface area (Å²) >= 11 is 0. The smallest absolute Gasteiger partial charge is 0.341 e. The Morgan fingerprint density at radius 1 is 1.33 bits per heavy atom. The molecule has 2 aliphatic rings. The van der Waals surface area contributed by atoms with E-state index in [1.54, 1.807) is 10.9 Å². The lowest BCUT2D eigenvalue weighted by Gasteiger charge is -2.34. The van der Waals surface area contributed by atoms with Crippen molar-refractivity contribution in [1.29, 1.82) is 0 Å². The topological polar surface area (TPSA) is 50.6 Å². The van der Waals surface area contributed by atoms with E-state index in [-0.39, 0.29) is 5.97 Å². The number of carbonyl (C=O) groups excluding carboxylic acids is 1. The van der Waals surface area contributed by atoms with Crippen LogP contribution in [-0.4, -0.2) is 64.4 Å². The van der Waals surface area contributed by atoms with E-state index in [0.717, 1.165) is 44.5 Å². The molecule has 0 atom stereocenters. The largest absolute Gasteiger partial charge is 0.462 e. The Bertz CT molecular complexity index is 502. The molecular weight excluding hydrogens is 268 g/mol. The van der Waals surface area contributed by atoms with Crippen LogP contribution in [-0.2, 0) is 18.3 Å². The van der Waals surface area contributed by atoms with Crippen LogP contribution in [0.3, 0.4) is 0 Å². The number of rotatable bonds is 5. The van der Waals surface area contributed by atoms with Gasteiger partial charge in [-0.15, -0.1) is 0 Å². The molecule has 0 aromatic carbocycles. The van der Waals surface area contributed by atoms with Gasteiger partial charge in [-0.25, -0.2) is 4.79 Å². The molecule has 116 valence electrons. The van der Waals surface area contributed by atoms with Gasteiger partial charge in [-0.2, -0.15) is 5.10 Å². The van der Waals surface area contributed by atoms with Gasteiger partial charge >= 0.3 is 5.97 Å². The highest BCUT2D eigenvalue weighted by Crippen LogP contribution is 2.27. The quantitative estimate of drug-likeness (QED) is 0.754. The molecule has 0 bridgehead atoms. The first-order chi connectivity index (χ1) is 10.2. The van der Waals surface area contributed by atoms with E-state index in [4.69, 9.17) is 4.74 Å². The molecule has 0 amide bonds. The van der Waals surface area contributed by atoms with Gasteiger partial charge in [0, 0.05) is 45.8 Å². The standard InChI is InChI=1S/C15H24N4O2/c1-3-21-15(20)13-10-16-17(2)14(13)11-18-6-8-19(9-7-18)12-4-5-12/h10,12H,3-9,11H2,1-2H3. The lowest BCUT2D eigenvalue weighted by atomic mass is 10.2. The molecule has 1 saturated heterocycles.